The normalized spacial score (nSPS) is 11.0. The third-order valence-electron chi connectivity index (χ3n) is 2.95. The molecule has 2 aromatic rings. The Bertz CT molecular complexity index is 564. The van der Waals surface area contributed by atoms with Crippen LogP contribution in [0, 0.1) is 13.8 Å². The van der Waals surface area contributed by atoms with E-state index in [2.05, 4.69) is 18.5 Å². The highest BCUT2D eigenvalue weighted by Gasteiger charge is 2.16. The minimum atomic E-state index is 0.961. The summed E-state index contributed by atoms with van der Waals surface area (Å²) in [4.78, 5) is 4.47. The van der Waals surface area contributed by atoms with E-state index < -0.39 is 0 Å². The molecule has 2 aromatic heterocycles. The number of furan rings is 1. The number of nitrogens with zero attached hydrogens (tertiary/aromatic N) is 1. The van der Waals surface area contributed by atoms with Gasteiger partial charge in [-0.25, -0.2) is 0 Å². The summed E-state index contributed by atoms with van der Waals surface area (Å²) in [5, 5.41) is 1.15. The number of allylic oxidation sites excluding steroid dienone is 1. The van der Waals surface area contributed by atoms with E-state index in [-0.39, 0.29) is 0 Å². The van der Waals surface area contributed by atoms with Crippen molar-refractivity contribution in [3.05, 3.63) is 35.4 Å². The van der Waals surface area contributed by atoms with Gasteiger partial charge in [-0.2, -0.15) is 0 Å². The van der Waals surface area contributed by atoms with E-state index >= 15 is 0 Å². The lowest BCUT2D eigenvalue weighted by Crippen LogP contribution is -1.91. The number of pyridine rings is 1. The van der Waals surface area contributed by atoms with Crippen LogP contribution < -0.4 is 0 Å². The van der Waals surface area contributed by atoms with Crippen LogP contribution >= 0.6 is 0 Å². The van der Waals surface area contributed by atoms with E-state index in [0.29, 0.717) is 0 Å². The second kappa shape index (κ2) is 3.78. The predicted octanol–water partition coefficient (Wildman–Crippen LogP) is 4.04. The van der Waals surface area contributed by atoms with E-state index in [1.165, 1.54) is 5.56 Å². The Kier molecular flexibility index (Phi) is 2.58. The molecular weight excluding hydrogens is 198 g/mol. The van der Waals surface area contributed by atoms with Crippen LogP contribution in [-0.4, -0.2) is 4.98 Å². The Hall–Kier alpha value is -1.57. The van der Waals surface area contributed by atoms with Gasteiger partial charge in [0, 0.05) is 22.7 Å². The molecule has 2 rings (SSSR count). The third kappa shape index (κ3) is 1.45. The van der Waals surface area contributed by atoms with E-state index in [0.717, 1.165) is 40.0 Å². The molecule has 2 nitrogen and oxygen atoms in total. The third-order valence-corrected chi connectivity index (χ3v) is 2.95. The van der Waals surface area contributed by atoms with Crippen LogP contribution in [0.1, 0.15) is 36.4 Å². The standard InChI is InChI=1S/C14H17NO/c1-6-11-10(5)16-14-9(4)7-15-13(8(2)3)12(11)14/h7H,2,6H2,1,3-5H3. The molecule has 0 aliphatic carbocycles. The van der Waals surface area contributed by atoms with E-state index in [1.54, 1.807) is 0 Å². The van der Waals surface area contributed by atoms with Crippen LogP contribution in [-0.2, 0) is 6.42 Å². The predicted molar refractivity (Wildman–Crippen MR) is 67.6 cm³/mol. The molecule has 16 heavy (non-hydrogen) atoms. The topological polar surface area (TPSA) is 26.0 Å². The zero-order valence-electron chi connectivity index (χ0n) is 10.3. The second-order valence-corrected chi connectivity index (χ2v) is 4.26. The van der Waals surface area contributed by atoms with E-state index in [4.69, 9.17) is 4.42 Å². The first-order valence-corrected chi connectivity index (χ1v) is 5.59. The largest absolute Gasteiger partial charge is 0.461 e. The molecule has 2 heterocycles. The monoisotopic (exact) mass is 215 g/mol. The van der Waals surface area contributed by atoms with Crippen molar-refractivity contribution >= 4 is 16.5 Å². The van der Waals surface area contributed by atoms with Crippen molar-refractivity contribution in [1.82, 2.24) is 4.98 Å². The van der Waals surface area contributed by atoms with Crippen molar-refractivity contribution in [2.75, 3.05) is 0 Å². The maximum atomic E-state index is 5.83. The van der Waals surface area contributed by atoms with E-state index in [1.807, 2.05) is 27.0 Å². The number of rotatable bonds is 2. The zero-order chi connectivity index (χ0) is 11.9. The molecule has 0 aromatic carbocycles. The highest BCUT2D eigenvalue weighted by molar-refractivity contribution is 5.93. The van der Waals surface area contributed by atoms with Gasteiger partial charge in [-0.3, -0.25) is 4.98 Å². The molecule has 0 radical (unpaired) electrons. The number of fused-ring (bicyclic) bond motifs is 1. The van der Waals surface area contributed by atoms with Gasteiger partial charge in [-0.05, 0) is 32.8 Å². The molecule has 84 valence electrons. The van der Waals surface area contributed by atoms with Gasteiger partial charge in [0.15, 0.2) is 0 Å². The Labute approximate surface area is 96.0 Å². The van der Waals surface area contributed by atoms with Gasteiger partial charge in [0.1, 0.15) is 11.3 Å². The fourth-order valence-corrected chi connectivity index (χ4v) is 2.14. The molecule has 0 unspecified atom stereocenters. The fourth-order valence-electron chi connectivity index (χ4n) is 2.14. The Morgan fingerprint density at radius 3 is 2.69 bits per heavy atom. The first-order valence-electron chi connectivity index (χ1n) is 5.59. The molecule has 0 aliphatic heterocycles. The van der Waals surface area contributed by atoms with Crippen molar-refractivity contribution in [3.63, 3.8) is 0 Å². The van der Waals surface area contributed by atoms with Gasteiger partial charge < -0.3 is 4.42 Å². The summed E-state index contributed by atoms with van der Waals surface area (Å²) in [6.07, 6.45) is 2.82. The summed E-state index contributed by atoms with van der Waals surface area (Å²) in [7, 11) is 0. The lowest BCUT2D eigenvalue weighted by Gasteiger charge is -2.04. The Morgan fingerprint density at radius 2 is 2.12 bits per heavy atom. The van der Waals surface area contributed by atoms with E-state index in [9.17, 15) is 0 Å². The summed E-state index contributed by atoms with van der Waals surface area (Å²) in [6.45, 7) is 12.2. The lowest BCUT2D eigenvalue weighted by atomic mass is 10.0. The Morgan fingerprint density at radius 1 is 1.44 bits per heavy atom. The summed E-state index contributed by atoms with van der Waals surface area (Å²) in [5.41, 5.74) is 5.25. The summed E-state index contributed by atoms with van der Waals surface area (Å²) in [6, 6.07) is 0. The van der Waals surface area contributed by atoms with Crippen molar-refractivity contribution in [2.45, 2.75) is 34.1 Å². The molecule has 0 spiro atoms. The van der Waals surface area contributed by atoms with Gasteiger partial charge >= 0.3 is 0 Å². The summed E-state index contributed by atoms with van der Waals surface area (Å²) < 4.78 is 5.83. The first-order chi connectivity index (χ1) is 7.56. The molecule has 0 aliphatic rings. The SMILES string of the molecule is C=C(C)c1ncc(C)c2oc(C)c(CC)c12. The minimum absolute atomic E-state index is 0.961. The molecule has 0 atom stereocenters. The number of hydrogen-bond acceptors (Lipinski definition) is 2. The summed E-state index contributed by atoms with van der Waals surface area (Å²) >= 11 is 0. The molecule has 0 amide bonds. The second-order valence-electron chi connectivity index (χ2n) is 4.26. The van der Waals surface area contributed by atoms with Gasteiger partial charge in [0.2, 0.25) is 0 Å². The number of aromatic nitrogens is 1. The van der Waals surface area contributed by atoms with Crippen molar-refractivity contribution in [2.24, 2.45) is 0 Å². The Balaban J connectivity index is 2.94. The molecule has 0 N–H and O–H groups in total. The number of hydrogen-bond donors (Lipinski definition) is 0. The van der Waals surface area contributed by atoms with Crippen LogP contribution in [0.25, 0.3) is 16.5 Å². The van der Waals surface area contributed by atoms with Gasteiger partial charge in [0.25, 0.3) is 0 Å². The molecule has 0 saturated heterocycles. The molecule has 0 saturated carbocycles. The van der Waals surface area contributed by atoms with Crippen molar-refractivity contribution < 1.29 is 4.42 Å². The highest BCUT2D eigenvalue weighted by atomic mass is 16.3. The van der Waals surface area contributed by atoms with Gasteiger partial charge in [-0.15, -0.1) is 0 Å². The quantitative estimate of drug-likeness (QED) is 0.755. The average Bonchev–Trinajstić information content (AvgIpc) is 2.55. The van der Waals surface area contributed by atoms with Crippen molar-refractivity contribution in [1.29, 1.82) is 0 Å². The van der Waals surface area contributed by atoms with Gasteiger partial charge in [0.05, 0.1) is 5.69 Å². The smallest absolute Gasteiger partial charge is 0.141 e. The van der Waals surface area contributed by atoms with Crippen LogP contribution in [0.4, 0.5) is 0 Å². The summed E-state index contributed by atoms with van der Waals surface area (Å²) in [5.74, 6) is 0.996. The molecule has 0 bridgehead atoms. The van der Waals surface area contributed by atoms with Crippen LogP contribution in [0.3, 0.4) is 0 Å². The maximum absolute atomic E-state index is 5.83. The first kappa shape index (κ1) is 10.9. The van der Waals surface area contributed by atoms with Crippen LogP contribution in [0.5, 0.6) is 0 Å². The zero-order valence-corrected chi connectivity index (χ0v) is 10.3. The van der Waals surface area contributed by atoms with Crippen LogP contribution in [0.15, 0.2) is 17.2 Å². The highest BCUT2D eigenvalue weighted by Crippen LogP contribution is 2.32. The maximum Gasteiger partial charge on any atom is 0.141 e. The van der Waals surface area contributed by atoms with Crippen LogP contribution in [0.2, 0.25) is 0 Å². The lowest BCUT2D eigenvalue weighted by molar-refractivity contribution is 0.570. The molecule has 0 fully saturated rings. The minimum Gasteiger partial charge on any atom is -0.461 e. The van der Waals surface area contributed by atoms with Gasteiger partial charge in [-0.1, -0.05) is 13.5 Å². The van der Waals surface area contributed by atoms with Crippen molar-refractivity contribution in [3.8, 4) is 0 Å². The molecule has 2 heteroatoms. The average molecular weight is 215 g/mol. The number of aryl methyl sites for hydroxylation is 3. The molecular formula is C14H17NO. The fraction of sp³-hybridized carbons (Fsp3) is 0.357.